The van der Waals surface area contributed by atoms with Gasteiger partial charge in [0.15, 0.2) is 5.82 Å². The van der Waals surface area contributed by atoms with Crippen LogP contribution in [0.2, 0.25) is 0 Å². The van der Waals surface area contributed by atoms with Crippen molar-refractivity contribution in [2.45, 2.75) is 25.4 Å². The Bertz CT molecular complexity index is 561. The van der Waals surface area contributed by atoms with Gasteiger partial charge in [-0.2, -0.15) is 18.3 Å². The van der Waals surface area contributed by atoms with E-state index in [1.807, 2.05) is 6.92 Å². The monoisotopic (exact) mass is 289 g/mol. The molecule has 0 saturated carbocycles. The lowest BCUT2D eigenvalue weighted by Gasteiger charge is -2.09. The Morgan fingerprint density at radius 3 is 2.47 bits per heavy atom. The SMILES string of the molecule is CCc1c(CCl)cnn1-c1ccc(C(F)(F)F)cn1. The molecule has 3 nitrogen and oxygen atoms in total. The van der Waals surface area contributed by atoms with E-state index in [2.05, 4.69) is 10.1 Å². The molecule has 0 spiro atoms. The third-order valence-corrected chi connectivity index (χ3v) is 3.01. The van der Waals surface area contributed by atoms with Gasteiger partial charge >= 0.3 is 6.18 Å². The smallest absolute Gasteiger partial charge is 0.236 e. The van der Waals surface area contributed by atoms with E-state index in [9.17, 15) is 13.2 Å². The molecule has 0 saturated heterocycles. The molecule has 2 heterocycles. The normalized spacial score (nSPS) is 11.8. The van der Waals surface area contributed by atoms with Crippen molar-refractivity contribution in [3.05, 3.63) is 41.3 Å². The van der Waals surface area contributed by atoms with Gasteiger partial charge in [-0.25, -0.2) is 9.67 Å². The van der Waals surface area contributed by atoms with Crippen molar-refractivity contribution >= 4 is 11.6 Å². The van der Waals surface area contributed by atoms with Crippen LogP contribution < -0.4 is 0 Å². The molecule has 0 aromatic carbocycles. The van der Waals surface area contributed by atoms with E-state index in [-0.39, 0.29) is 0 Å². The maximum absolute atomic E-state index is 12.4. The first-order valence-corrected chi connectivity index (χ1v) is 6.16. The molecular weight excluding hydrogens is 279 g/mol. The highest BCUT2D eigenvalue weighted by molar-refractivity contribution is 6.17. The second-order valence-electron chi connectivity index (χ2n) is 3.92. The van der Waals surface area contributed by atoms with Crippen LogP contribution in [0.3, 0.4) is 0 Å². The fourth-order valence-electron chi connectivity index (χ4n) is 1.77. The van der Waals surface area contributed by atoms with E-state index in [0.717, 1.165) is 23.5 Å². The Morgan fingerprint density at radius 2 is 2.00 bits per heavy atom. The van der Waals surface area contributed by atoms with Crippen LogP contribution in [0.15, 0.2) is 24.5 Å². The average molecular weight is 290 g/mol. The molecule has 19 heavy (non-hydrogen) atoms. The molecule has 102 valence electrons. The highest BCUT2D eigenvalue weighted by Crippen LogP contribution is 2.28. The minimum Gasteiger partial charge on any atom is -0.236 e. The molecule has 0 N–H and O–H groups in total. The summed E-state index contributed by atoms with van der Waals surface area (Å²) < 4.78 is 38.9. The van der Waals surface area contributed by atoms with Gasteiger partial charge in [0.2, 0.25) is 0 Å². The van der Waals surface area contributed by atoms with Crippen LogP contribution in [0, 0.1) is 0 Å². The van der Waals surface area contributed by atoms with Gasteiger partial charge in [0.25, 0.3) is 0 Å². The minimum atomic E-state index is -4.38. The maximum Gasteiger partial charge on any atom is 0.417 e. The van der Waals surface area contributed by atoms with Gasteiger partial charge in [-0.15, -0.1) is 11.6 Å². The largest absolute Gasteiger partial charge is 0.417 e. The van der Waals surface area contributed by atoms with E-state index >= 15 is 0 Å². The number of rotatable bonds is 3. The first-order chi connectivity index (χ1) is 8.97. The van der Waals surface area contributed by atoms with E-state index in [0.29, 0.717) is 18.1 Å². The Kier molecular flexibility index (Phi) is 3.80. The summed E-state index contributed by atoms with van der Waals surface area (Å²) >= 11 is 5.77. The van der Waals surface area contributed by atoms with Crippen LogP contribution in [0.25, 0.3) is 5.82 Å². The van der Waals surface area contributed by atoms with Crippen LogP contribution in [-0.2, 0) is 18.5 Å². The molecular formula is C12H11ClF3N3. The number of nitrogens with zero attached hydrogens (tertiary/aromatic N) is 3. The number of hydrogen-bond donors (Lipinski definition) is 0. The molecule has 0 amide bonds. The lowest BCUT2D eigenvalue weighted by atomic mass is 10.2. The van der Waals surface area contributed by atoms with Crippen LogP contribution in [0.4, 0.5) is 13.2 Å². The molecule has 2 rings (SSSR count). The molecule has 0 unspecified atom stereocenters. The van der Waals surface area contributed by atoms with Crippen LogP contribution in [-0.4, -0.2) is 14.8 Å². The third-order valence-electron chi connectivity index (χ3n) is 2.73. The summed E-state index contributed by atoms with van der Waals surface area (Å²) in [5.74, 6) is 0.658. The lowest BCUT2D eigenvalue weighted by Crippen LogP contribution is -2.08. The zero-order valence-electron chi connectivity index (χ0n) is 10.1. The summed E-state index contributed by atoms with van der Waals surface area (Å²) in [6, 6.07) is 2.29. The molecule has 0 aliphatic heterocycles. The zero-order valence-corrected chi connectivity index (χ0v) is 10.8. The van der Waals surface area contributed by atoms with Gasteiger partial charge in [0, 0.05) is 11.8 Å². The Hall–Kier alpha value is -1.56. The van der Waals surface area contributed by atoms with Crippen LogP contribution in [0.1, 0.15) is 23.7 Å². The molecule has 0 atom stereocenters. The number of aromatic nitrogens is 3. The van der Waals surface area contributed by atoms with Crippen molar-refractivity contribution in [1.82, 2.24) is 14.8 Å². The summed E-state index contributed by atoms with van der Waals surface area (Å²) in [4.78, 5) is 3.81. The quantitative estimate of drug-likeness (QED) is 0.809. The lowest BCUT2D eigenvalue weighted by molar-refractivity contribution is -0.137. The number of alkyl halides is 4. The van der Waals surface area contributed by atoms with Gasteiger partial charge in [-0.3, -0.25) is 0 Å². The number of pyridine rings is 1. The van der Waals surface area contributed by atoms with Gasteiger partial charge < -0.3 is 0 Å². The molecule has 2 aromatic rings. The Balaban J connectivity index is 2.40. The standard InChI is InChI=1S/C12H11ClF3N3/c1-2-10-8(5-13)6-18-19(10)11-4-3-9(7-17-11)12(14,15)16/h3-4,6-7H,2,5H2,1H3. The fraction of sp³-hybridized carbons (Fsp3) is 0.333. The molecule has 2 aromatic heterocycles. The van der Waals surface area contributed by atoms with E-state index in [1.54, 1.807) is 6.20 Å². The second kappa shape index (κ2) is 5.21. The predicted molar refractivity (Wildman–Crippen MR) is 65.3 cm³/mol. The van der Waals surface area contributed by atoms with Crippen molar-refractivity contribution in [3.63, 3.8) is 0 Å². The average Bonchev–Trinajstić information content (AvgIpc) is 2.80. The summed E-state index contributed by atoms with van der Waals surface area (Å²) in [6.45, 7) is 1.92. The van der Waals surface area contributed by atoms with Crippen molar-refractivity contribution in [2.75, 3.05) is 0 Å². The first-order valence-electron chi connectivity index (χ1n) is 5.62. The van der Waals surface area contributed by atoms with E-state index < -0.39 is 11.7 Å². The summed E-state index contributed by atoms with van der Waals surface area (Å²) in [7, 11) is 0. The summed E-state index contributed by atoms with van der Waals surface area (Å²) in [5, 5.41) is 4.11. The molecule has 0 fully saturated rings. The van der Waals surface area contributed by atoms with E-state index in [1.165, 1.54) is 10.7 Å². The topological polar surface area (TPSA) is 30.7 Å². The Morgan fingerprint density at radius 1 is 1.26 bits per heavy atom. The minimum absolute atomic E-state index is 0.309. The molecule has 0 bridgehead atoms. The maximum atomic E-state index is 12.4. The van der Waals surface area contributed by atoms with Gasteiger partial charge in [0.1, 0.15) is 0 Å². The van der Waals surface area contributed by atoms with Crippen LogP contribution in [0.5, 0.6) is 0 Å². The molecule has 0 aliphatic carbocycles. The summed E-state index contributed by atoms with van der Waals surface area (Å²) in [6.07, 6.45) is -1.31. The number of hydrogen-bond acceptors (Lipinski definition) is 2. The van der Waals surface area contributed by atoms with Crippen molar-refractivity contribution in [2.24, 2.45) is 0 Å². The number of halogens is 4. The van der Waals surface area contributed by atoms with E-state index in [4.69, 9.17) is 11.6 Å². The summed E-state index contributed by atoms with van der Waals surface area (Å²) in [5.41, 5.74) is 0.923. The molecule has 0 radical (unpaired) electrons. The van der Waals surface area contributed by atoms with Gasteiger partial charge in [0.05, 0.1) is 23.3 Å². The molecule has 7 heteroatoms. The third kappa shape index (κ3) is 2.73. The molecule has 0 aliphatic rings. The Labute approximate surface area is 113 Å². The van der Waals surface area contributed by atoms with Gasteiger partial charge in [-0.05, 0) is 18.6 Å². The van der Waals surface area contributed by atoms with Gasteiger partial charge in [-0.1, -0.05) is 6.92 Å². The second-order valence-corrected chi connectivity index (χ2v) is 4.19. The highest BCUT2D eigenvalue weighted by atomic mass is 35.5. The van der Waals surface area contributed by atoms with Crippen molar-refractivity contribution in [1.29, 1.82) is 0 Å². The van der Waals surface area contributed by atoms with Crippen molar-refractivity contribution in [3.8, 4) is 5.82 Å². The van der Waals surface area contributed by atoms with Crippen LogP contribution >= 0.6 is 11.6 Å². The van der Waals surface area contributed by atoms with Crippen molar-refractivity contribution < 1.29 is 13.2 Å². The highest BCUT2D eigenvalue weighted by Gasteiger charge is 2.30. The first kappa shape index (κ1) is 13.9. The predicted octanol–water partition coefficient (Wildman–Crippen LogP) is 3.59. The zero-order chi connectivity index (χ0) is 14.0. The fourth-order valence-corrected chi connectivity index (χ4v) is 2.00.